The molecule has 1 amide bonds. The third-order valence-electron chi connectivity index (χ3n) is 2.59. The van der Waals surface area contributed by atoms with E-state index < -0.39 is 0 Å². The number of amides is 1. The summed E-state index contributed by atoms with van der Waals surface area (Å²) >= 11 is 0. The summed E-state index contributed by atoms with van der Waals surface area (Å²) < 4.78 is 4.99. The molecule has 2 N–H and O–H groups in total. The van der Waals surface area contributed by atoms with Gasteiger partial charge in [0.25, 0.3) is 5.91 Å². The number of carbonyl (C=O) groups excluding carboxylic acids is 1. The fraction of sp³-hybridized carbons (Fsp3) is 0.600. The molecular formula is C10H16ClN3O2. The number of oxazole rings is 1. The first kappa shape index (κ1) is 13.0. The Balaban J connectivity index is 0.00000128. The predicted molar refractivity (Wildman–Crippen MR) is 61.8 cm³/mol. The average molecular weight is 246 g/mol. The highest BCUT2D eigenvalue weighted by Crippen LogP contribution is 2.06. The fourth-order valence-electron chi connectivity index (χ4n) is 1.75. The van der Waals surface area contributed by atoms with Gasteiger partial charge in [0.05, 0.1) is 0 Å². The molecule has 0 aliphatic carbocycles. The molecule has 1 aliphatic rings. The van der Waals surface area contributed by atoms with Crippen LogP contribution in [0.15, 0.2) is 10.8 Å². The Kier molecular flexibility index (Phi) is 4.76. The molecule has 0 aromatic carbocycles. The van der Waals surface area contributed by atoms with Crippen molar-refractivity contribution in [2.24, 2.45) is 0 Å². The van der Waals surface area contributed by atoms with E-state index in [4.69, 9.17) is 4.42 Å². The van der Waals surface area contributed by atoms with Gasteiger partial charge in [0.15, 0.2) is 12.1 Å². The second-order valence-electron chi connectivity index (χ2n) is 3.77. The minimum atomic E-state index is -0.144. The molecule has 0 radical (unpaired) electrons. The lowest BCUT2D eigenvalue weighted by Gasteiger charge is -2.23. The zero-order valence-electron chi connectivity index (χ0n) is 9.16. The van der Waals surface area contributed by atoms with Gasteiger partial charge in [-0.3, -0.25) is 4.79 Å². The molecule has 5 nitrogen and oxygen atoms in total. The molecule has 90 valence electrons. The van der Waals surface area contributed by atoms with Gasteiger partial charge < -0.3 is 15.1 Å². The monoisotopic (exact) mass is 245 g/mol. The van der Waals surface area contributed by atoms with Gasteiger partial charge >= 0.3 is 0 Å². The van der Waals surface area contributed by atoms with E-state index in [0.29, 0.717) is 11.5 Å². The molecule has 2 heterocycles. The van der Waals surface area contributed by atoms with E-state index in [1.165, 1.54) is 6.39 Å². The van der Waals surface area contributed by atoms with E-state index in [9.17, 15) is 4.79 Å². The van der Waals surface area contributed by atoms with E-state index in [0.717, 1.165) is 25.9 Å². The molecular weight excluding hydrogens is 230 g/mol. The molecule has 1 saturated heterocycles. The van der Waals surface area contributed by atoms with E-state index in [1.807, 2.05) is 0 Å². The molecule has 1 aromatic heterocycles. The molecule has 16 heavy (non-hydrogen) atoms. The number of hydrogen-bond donors (Lipinski definition) is 2. The molecule has 0 bridgehead atoms. The van der Waals surface area contributed by atoms with Gasteiger partial charge in [-0.1, -0.05) is 0 Å². The van der Waals surface area contributed by atoms with Crippen LogP contribution >= 0.6 is 12.4 Å². The number of hydrogen-bond acceptors (Lipinski definition) is 4. The van der Waals surface area contributed by atoms with Crippen molar-refractivity contribution in [3.63, 3.8) is 0 Å². The lowest BCUT2D eigenvalue weighted by Crippen LogP contribution is -2.45. The minimum Gasteiger partial charge on any atom is -0.448 e. The van der Waals surface area contributed by atoms with Crippen molar-refractivity contribution in [2.45, 2.75) is 25.8 Å². The van der Waals surface area contributed by atoms with E-state index >= 15 is 0 Å². The summed E-state index contributed by atoms with van der Waals surface area (Å²) in [5, 5.41) is 6.18. The van der Waals surface area contributed by atoms with Gasteiger partial charge in [0.2, 0.25) is 0 Å². The number of halogens is 1. The highest BCUT2D eigenvalue weighted by atomic mass is 35.5. The summed E-state index contributed by atoms with van der Waals surface area (Å²) in [7, 11) is 0. The smallest absolute Gasteiger partial charge is 0.273 e. The largest absolute Gasteiger partial charge is 0.448 e. The summed E-state index contributed by atoms with van der Waals surface area (Å²) in [6, 6.07) is 0.211. The van der Waals surface area contributed by atoms with Gasteiger partial charge in [-0.25, -0.2) is 4.98 Å². The second-order valence-corrected chi connectivity index (χ2v) is 3.77. The van der Waals surface area contributed by atoms with Crippen molar-refractivity contribution in [1.82, 2.24) is 15.6 Å². The highest BCUT2D eigenvalue weighted by molar-refractivity contribution is 5.93. The maximum Gasteiger partial charge on any atom is 0.273 e. The zero-order chi connectivity index (χ0) is 10.7. The van der Waals surface area contributed by atoms with Crippen LogP contribution in [-0.4, -0.2) is 30.0 Å². The van der Waals surface area contributed by atoms with Crippen molar-refractivity contribution in [2.75, 3.05) is 13.1 Å². The quantitative estimate of drug-likeness (QED) is 0.812. The van der Waals surface area contributed by atoms with Gasteiger partial charge in [-0.05, 0) is 26.3 Å². The molecule has 2 rings (SSSR count). The Labute approximate surface area is 100 Å². The van der Waals surface area contributed by atoms with Crippen LogP contribution in [0.4, 0.5) is 0 Å². The number of piperidine rings is 1. The maximum absolute atomic E-state index is 11.7. The highest BCUT2D eigenvalue weighted by Gasteiger charge is 2.19. The van der Waals surface area contributed by atoms with Gasteiger partial charge in [0.1, 0.15) is 5.76 Å². The predicted octanol–water partition coefficient (Wildman–Crippen LogP) is 0.887. The Morgan fingerprint density at radius 2 is 2.50 bits per heavy atom. The number of rotatable bonds is 2. The lowest BCUT2D eigenvalue weighted by molar-refractivity contribution is 0.0924. The lowest BCUT2D eigenvalue weighted by atomic mass is 10.1. The van der Waals surface area contributed by atoms with Crippen LogP contribution in [-0.2, 0) is 0 Å². The fourth-order valence-corrected chi connectivity index (χ4v) is 1.75. The number of aromatic nitrogens is 1. The molecule has 0 unspecified atom stereocenters. The van der Waals surface area contributed by atoms with Crippen molar-refractivity contribution in [3.05, 3.63) is 17.8 Å². The van der Waals surface area contributed by atoms with Crippen LogP contribution in [0.3, 0.4) is 0 Å². The van der Waals surface area contributed by atoms with Crippen LogP contribution < -0.4 is 10.6 Å². The van der Waals surface area contributed by atoms with Crippen LogP contribution in [0, 0.1) is 6.92 Å². The summed E-state index contributed by atoms with van der Waals surface area (Å²) in [4.78, 5) is 15.6. The van der Waals surface area contributed by atoms with E-state index in [2.05, 4.69) is 15.6 Å². The Hall–Kier alpha value is -1.07. The van der Waals surface area contributed by atoms with Crippen LogP contribution in [0.5, 0.6) is 0 Å². The van der Waals surface area contributed by atoms with Crippen LogP contribution in [0.25, 0.3) is 0 Å². The summed E-state index contributed by atoms with van der Waals surface area (Å²) in [5.74, 6) is 0.422. The Bertz CT molecular complexity index is 348. The van der Waals surface area contributed by atoms with Crippen molar-refractivity contribution in [3.8, 4) is 0 Å². The first-order valence-corrected chi connectivity index (χ1v) is 5.19. The zero-order valence-corrected chi connectivity index (χ0v) is 9.97. The number of nitrogens with one attached hydrogen (secondary N) is 2. The van der Waals surface area contributed by atoms with Crippen molar-refractivity contribution >= 4 is 18.3 Å². The third kappa shape index (κ3) is 2.96. The summed E-state index contributed by atoms with van der Waals surface area (Å²) in [6.07, 6.45) is 3.42. The Morgan fingerprint density at radius 1 is 1.69 bits per heavy atom. The van der Waals surface area contributed by atoms with E-state index in [-0.39, 0.29) is 24.4 Å². The van der Waals surface area contributed by atoms with Crippen molar-refractivity contribution < 1.29 is 9.21 Å². The standard InChI is InChI=1S/C10H15N3O2.ClH/c1-7-9(12-6-15-7)10(14)13-8-3-2-4-11-5-8;/h6,8,11H,2-5H2,1H3,(H,13,14);1H/t8-;/m0./s1. The normalized spacial score (nSPS) is 19.9. The molecule has 0 spiro atoms. The second kappa shape index (κ2) is 5.86. The number of aryl methyl sites for hydroxylation is 1. The van der Waals surface area contributed by atoms with Gasteiger partial charge in [0, 0.05) is 12.6 Å². The first-order chi connectivity index (χ1) is 7.27. The molecule has 1 atom stereocenters. The minimum absolute atomic E-state index is 0. The summed E-state index contributed by atoms with van der Waals surface area (Å²) in [6.45, 7) is 3.61. The first-order valence-electron chi connectivity index (χ1n) is 5.19. The number of nitrogens with zero attached hydrogens (tertiary/aromatic N) is 1. The topological polar surface area (TPSA) is 67.2 Å². The molecule has 1 aromatic rings. The molecule has 1 fully saturated rings. The van der Waals surface area contributed by atoms with Gasteiger partial charge in [-0.2, -0.15) is 0 Å². The number of carbonyl (C=O) groups is 1. The van der Waals surface area contributed by atoms with Gasteiger partial charge in [-0.15, -0.1) is 12.4 Å². The molecule has 0 saturated carbocycles. The van der Waals surface area contributed by atoms with Crippen LogP contribution in [0.2, 0.25) is 0 Å². The average Bonchev–Trinajstić information content (AvgIpc) is 2.66. The van der Waals surface area contributed by atoms with Crippen LogP contribution in [0.1, 0.15) is 29.1 Å². The molecule has 1 aliphatic heterocycles. The summed E-state index contributed by atoms with van der Waals surface area (Å²) in [5.41, 5.74) is 0.389. The third-order valence-corrected chi connectivity index (χ3v) is 2.59. The maximum atomic E-state index is 11.7. The SMILES string of the molecule is Cc1ocnc1C(=O)N[C@H]1CCCNC1.Cl. The Morgan fingerprint density at radius 3 is 3.06 bits per heavy atom. The molecule has 6 heteroatoms. The van der Waals surface area contributed by atoms with E-state index in [1.54, 1.807) is 6.92 Å². The van der Waals surface area contributed by atoms with Crippen molar-refractivity contribution in [1.29, 1.82) is 0 Å².